The molecule has 0 N–H and O–H groups in total. The molecule has 0 unspecified atom stereocenters. The monoisotopic (exact) mass is 301 g/mol. The minimum atomic E-state index is -4.41. The summed E-state index contributed by atoms with van der Waals surface area (Å²) in [6, 6.07) is 4.57. The number of halogens is 3. The molecular weight excluding hydrogens is 283 g/mol. The third-order valence-corrected chi connectivity index (χ3v) is 3.53. The molecule has 0 saturated carbocycles. The average Bonchev–Trinajstić information content (AvgIpc) is 2.44. The standard InChI is InChI=1S/C15H18F3NO2/c1-11-4-3-7-19(9-11)14(20)10-21-13-6-2-5-12(8-13)15(16,17)18/h2,5-6,8,11H,3-4,7,9-10H2,1H3/t11-/m1/s1. The van der Waals surface area contributed by atoms with Crippen LogP contribution >= 0.6 is 0 Å². The van der Waals surface area contributed by atoms with Crippen molar-refractivity contribution < 1.29 is 22.7 Å². The Morgan fingerprint density at radius 1 is 1.43 bits per heavy atom. The molecule has 1 atom stereocenters. The highest BCUT2D eigenvalue weighted by Gasteiger charge is 2.30. The van der Waals surface area contributed by atoms with Crippen LogP contribution in [0.4, 0.5) is 13.2 Å². The minimum Gasteiger partial charge on any atom is -0.484 e. The highest BCUT2D eigenvalue weighted by atomic mass is 19.4. The Morgan fingerprint density at radius 3 is 2.86 bits per heavy atom. The molecule has 116 valence electrons. The smallest absolute Gasteiger partial charge is 0.416 e. The number of benzene rings is 1. The van der Waals surface area contributed by atoms with Crippen LogP contribution in [0.3, 0.4) is 0 Å². The summed E-state index contributed by atoms with van der Waals surface area (Å²) < 4.78 is 42.9. The Kier molecular flexibility index (Phi) is 4.75. The number of piperidine rings is 1. The number of rotatable bonds is 3. The molecular formula is C15H18F3NO2. The Labute approximate surface area is 121 Å². The van der Waals surface area contributed by atoms with Crippen molar-refractivity contribution in [3.8, 4) is 5.75 Å². The van der Waals surface area contributed by atoms with Gasteiger partial charge >= 0.3 is 6.18 Å². The van der Waals surface area contributed by atoms with Crippen LogP contribution in [0.25, 0.3) is 0 Å². The maximum absolute atomic E-state index is 12.6. The van der Waals surface area contributed by atoms with E-state index in [1.165, 1.54) is 12.1 Å². The molecule has 0 radical (unpaired) electrons. The molecule has 0 spiro atoms. The number of carbonyl (C=O) groups excluding carboxylic acids is 1. The van der Waals surface area contributed by atoms with E-state index < -0.39 is 11.7 Å². The van der Waals surface area contributed by atoms with Crippen LogP contribution in [0.5, 0.6) is 5.75 Å². The Hall–Kier alpha value is -1.72. The largest absolute Gasteiger partial charge is 0.484 e. The van der Waals surface area contributed by atoms with Gasteiger partial charge < -0.3 is 9.64 Å². The van der Waals surface area contributed by atoms with Gasteiger partial charge in [0, 0.05) is 13.1 Å². The molecule has 1 aliphatic heterocycles. The maximum atomic E-state index is 12.6. The zero-order valence-electron chi connectivity index (χ0n) is 11.8. The van der Waals surface area contributed by atoms with Gasteiger partial charge in [0.25, 0.3) is 5.91 Å². The number of nitrogens with zero attached hydrogens (tertiary/aromatic N) is 1. The van der Waals surface area contributed by atoms with Crippen LogP contribution in [0, 0.1) is 5.92 Å². The fourth-order valence-electron chi connectivity index (χ4n) is 2.41. The number of ether oxygens (including phenoxy) is 1. The number of amides is 1. The number of hydrogen-bond donors (Lipinski definition) is 0. The van der Waals surface area contributed by atoms with Crippen molar-refractivity contribution in [3.63, 3.8) is 0 Å². The van der Waals surface area contributed by atoms with Crippen LogP contribution in [0.2, 0.25) is 0 Å². The Morgan fingerprint density at radius 2 is 2.19 bits per heavy atom. The highest BCUT2D eigenvalue weighted by molar-refractivity contribution is 5.77. The van der Waals surface area contributed by atoms with Crippen molar-refractivity contribution in [1.82, 2.24) is 4.90 Å². The van der Waals surface area contributed by atoms with E-state index in [2.05, 4.69) is 6.92 Å². The molecule has 1 amide bonds. The number of hydrogen-bond acceptors (Lipinski definition) is 2. The summed E-state index contributed by atoms with van der Waals surface area (Å²) >= 11 is 0. The van der Waals surface area contributed by atoms with Gasteiger partial charge in [-0.2, -0.15) is 13.2 Å². The minimum absolute atomic E-state index is 0.0585. The summed E-state index contributed by atoms with van der Waals surface area (Å²) in [5.41, 5.74) is -0.779. The molecule has 1 aromatic carbocycles. The van der Waals surface area contributed by atoms with Crippen molar-refractivity contribution >= 4 is 5.91 Å². The molecule has 1 aromatic rings. The SMILES string of the molecule is C[C@@H]1CCCN(C(=O)COc2cccc(C(F)(F)F)c2)C1. The van der Waals surface area contributed by atoms with Gasteiger partial charge in [-0.3, -0.25) is 4.79 Å². The highest BCUT2D eigenvalue weighted by Crippen LogP contribution is 2.31. The van der Waals surface area contributed by atoms with Crippen molar-refractivity contribution in [2.45, 2.75) is 25.9 Å². The number of alkyl halides is 3. The van der Waals surface area contributed by atoms with E-state index in [0.29, 0.717) is 19.0 Å². The first kappa shape index (κ1) is 15.7. The van der Waals surface area contributed by atoms with Crippen molar-refractivity contribution in [2.24, 2.45) is 5.92 Å². The number of carbonyl (C=O) groups is 1. The lowest BCUT2D eigenvalue weighted by Crippen LogP contribution is -2.41. The van der Waals surface area contributed by atoms with E-state index in [0.717, 1.165) is 25.0 Å². The van der Waals surface area contributed by atoms with E-state index >= 15 is 0 Å². The zero-order valence-corrected chi connectivity index (χ0v) is 11.8. The lowest BCUT2D eigenvalue weighted by molar-refractivity contribution is -0.137. The van der Waals surface area contributed by atoms with Gasteiger partial charge in [0.2, 0.25) is 0 Å². The molecule has 0 aromatic heterocycles. The normalized spacial score (nSPS) is 19.4. The fourth-order valence-corrected chi connectivity index (χ4v) is 2.41. The van der Waals surface area contributed by atoms with Crippen molar-refractivity contribution in [1.29, 1.82) is 0 Å². The van der Waals surface area contributed by atoms with E-state index in [-0.39, 0.29) is 18.3 Å². The van der Waals surface area contributed by atoms with Crippen molar-refractivity contribution in [2.75, 3.05) is 19.7 Å². The predicted octanol–water partition coefficient (Wildman–Crippen LogP) is 3.34. The predicted molar refractivity (Wildman–Crippen MR) is 71.9 cm³/mol. The van der Waals surface area contributed by atoms with Crippen LogP contribution in [-0.4, -0.2) is 30.5 Å². The van der Waals surface area contributed by atoms with E-state index in [4.69, 9.17) is 4.74 Å². The summed E-state index contributed by atoms with van der Waals surface area (Å²) in [5.74, 6) is 0.332. The second-order valence-electron chi connectivity index (χ2n) is 5.40. The van der Waals surface area contributed by atoms with Gasteiger partial charge in [-0.25, -0.2) is 0 Å². The third-order valence-electron chi connectivity index (χ3n) is 3.53. The van der Waals surface area contributed by atoms with Gasteiger partial charge in [0.15, 0.2) is 6.61 Å². The molecule has 1 saturated heterocycles. The van der Waals surface area contributed by atoms with Gasteiger partial charge in [-0.15, -0.1) is 0 Å². The summed E-state index contributed by atoms with van der Waals surface area (Å²) in [5, 5.41) is 0. The summed E-state index contributed by atoms with van der Waals surface area (Å²) in [7, 11) is 0. The lowest BCUT2D eigenvalue weighted by Gasteiger charge is -2.30. The molecule has 0 aliphatic carbocycles. The first-order valence-corrected chi connectivity index (χ1v) is 6.94. The molecule has 0 bridgehead atoms. The molecule has 3 nitrogen and oxygen atoms in total. The average molecular weight is 301 g/mol. The topological polar surface area (TPSA) is 29.5 Å². The van der Waals surface area contributed by atoms with Crippen LogP contribution in [0.1, 0.15) is 25.3 Å². The van der Waals surface area contributed by atoms with Crippen LogP contribution < -0.4 is 4.74 Å². The van der Waals surface area contributed by atoms with Crippen LogP contribution in [0.15, 0.2) is 24.3 Å². The molecule has 1 heterocycles. The lowest BCUT2D eigenvalue weighted by atomic mass is 10.0. The molecule has 6 heteroatoms. The van der Waals surface area contributed by atoms with E-state index in [1.54, 1.807) is 4.90 Å². The first-order valence-electron chi connectivity index (χ1n) is 6.94. The van der Waals surface area contributed by atoms with E-state index in [1.807, 2.05) is 0 Å². The van der Waals surface area contributed by atoms with Gasteiger partial charge in [0.1, 0.15) is 5.75 Å². The molecule has 2 rings (SSSR count). The second-order valence-corrected chi connectivity index (χ2v) is 5.40. The van der Waals surface area contributed by atoms with Crippen LogP contribution in [-0.2, 0) is 11.0 Å². The summed E-state index contributed by atoms with van der Waals surface area (Å²) in [6.07, 6.45) is -2.36. The second kappa shape index (κ2) is 6.37. The summed E-state index contributed by atoms with van der Waals surface area (Å²) in [4.78, 5) is 13.7. The van der Waals surface area contributed by atoms with E-state index in [9.17, 15) is 18.0 Å². The molecule has 21 heavy (non-hydrogen) atoms. The van der Waals surface area contributed by atoms with Gasteiger partial charge in [-0.05, 0) is 37.0 Å². The maximum Gasteiger partial charge on any atom is 0.416 e. The quantitative estimate of drug-likeness (QED) is 0.857. The molecule has 1 fully saturated rings. The third kappa shape index (κ3) is 4.37. The van der Waals surface area contributed by atoms with Crippen molar-refractivity contribution in [3.05, 3.63) is 29.8 Å². The zero-order chi connectivity index (χ0) is 15.5. The van der Waals surface area contributed by atoms with Gasteiger partial charge in [0.05, 0.1) is 5.56 Å². The Bertz CT molecular complexity index is 502. The number of likely N-dealkylation sites (tertiary alicyclic amines) is 1. The first-order chi connectivity index (χ1) is 9.86. The summed E-state index contributed by atoms with van der Waals surface area (Å²) in [6.45, 7) is 3.22. The van der Waals surface area contributed by atoms with Gasteiger partial charge in [-0.1, -0.05) is 13.0 Å². The molecule has 1 aliphatic rings. The Balaban J connectivity index is 1.92. The fraction of sp³-hybridized carbons (Fsp3) is 0.533.